The summed E-state index contributed by atoms with van der Waals surface area (Å²) in [6.07, 6.45) is 0. The summed E-state index contributed by atoms with van der Waals surface area (Å²) < 4.78 is 24.1. The lowest BCUT2D eigenvalue weighted by molar-refractivity contribution is 0.587. The van der Waals surface area contributed by atoms with Crippen molar-refractivity contribution in [1.29, 1.82) is 0 Å². The van der Waals surface area contributed by atoms with E-state index in [4.69, 9.17) is 0 Å². The molecule has 0 aliphatic heterocycles. The van der Waals surface area contributed by atoms with Gasteiger partial charge in [0, 0.05) is 11.4 Å². The lowest BCUT2D eigenvalue weighted by atomic mass is 10.2. The van der Waals surface area contributed by atoms with Gasteiger partial charge in [-0.1, -0.05) is 17.7 Å². The minimum absolute atomic E-state index is 0.181. The van der Waals surface area contributed by atoms with Gasteiger partial charge in [-0.3, -0.25) is 5.43 Å². The summed E-state index contributed by atoms with van der Waals surface area (Å²) in [4.78, 5) is 10.6. The Morgan fingerprint density at radius 1 is 0.950 bits per heavy atom. The lowest BCUT2D eigenvalue weighted by Gasteiger charge is -2.09. The molecule has 0 bridgehead atoms. The van der Waals surface area contributed by atoms with Crippen molar-refractivity contribution in [1.82, 2.24) is 14.8 Å². The first-order valence-corrected chi connectivity index (χ1v) is 7.52. The summed E-state index contributed by atoms with van der Waals surface area (Å²) in [5.41, 5.74) is 5.03. The molecule has 2 rings (SSSR count). The van der Waals surface area contributed by atoms with Gasteiger partial charge in [-0.05, 0) is 39.0 Å². The number of nitrogens with one attached hydrogen (secondary N) is 2. The molecule has 0 aliphatic carbocycles. The zero-order valence-corrected chi connectivity index (χ0v) is 12.3. The molecule has 0 saturated heterocycles. The van der Waals surface area contributed by atoms with Crippen LogP contribution in [0.25, 0.3) is 0 Å². The summed E-state index contributed by atoms with van der Waals surface area (Å²) in [5.74, 6) is 0.221. The molecule has 0 radical (unpaired) electrons. The van der Waals surface area contributed by atoms with E-state index in [9.17, 15) is 8.42 Å². The van der Waals surface area contributed by atoms with E-state index in [0.29, 0.717) is 0 Å². The number of anilines is 1. The average molecular weight is 292 g/mol. The second kappa shape index (κ2) is 5.56. The Hall–Kier alpha value is -1.99. The molecule has 0 spiro atoms. The molecule has 0 amide bonds. The van der Waals surface area contributed by atoms with Gasteiger partial charge in [0.15, 0.2) is 0 Å². The smallest absolute Gasteiger partial charge is 0.257 e. The molecule has 0 saturated carbocycles. The molecular formula is C13H16N4O2S. The molecule has 20 heavy (non-hydrogen) atoms. The Morgan fingerprint density at radius 3 is 2.05 bits per heavy atom. The normalized spacial score (nSPS) is 11.3. The van der Waals surface area contributed by atoms with Gasteiger partial charge < -0.3 is 0 Å². The van der Waals surface area contributed by atoms with Crippen LogP contribution < -0.4 is 10.3 Å². The molecule has 1 aromatic carbocycles. The minimum atomic E-state index is -3.64. The van der Waals surface area contributed by atoms with Gasteiger partial charge in [0.25, 0.3) is 10.0 Å². The van der Waals surface area contributed by atoms with Gasteiger partial charge in [-0.2, -0.15) is 0 Å². The van der Waals surface area contributed by atoms with E-state index in [1.54, 1.807) is 30.3 Å². The van der Waals surface area contributed by atoms with Crippen LogP contribution in [-0.4, -0.2) is 18.4 Å². The van der Waals surface area contributed by atoms with Gasteiger partial charge >= 0.3 is 0 Å². The number of hydrazine groups is 1. The van der Waals surface area contributed by atoms with E-state index >= 15 is 0 Å². The fourth-order valence-electron chi connectivity index (χ4n) is 1.67. The van der Waals surface area contributed by atoms with E-state index in [2.05, 4.69) is 20.2 Å². The predicted molar refractivity (Wildman–Crippen MR) is 76.6 cm³/mol. The van der Waals surface area contributed by atoms with E-state index in [1.807, 2.05) is 20.8 Å². The maximum Gasteiger partial charge on any atom is 0.257 e. The van der Waals surface area contributed by atoms with E-state index in [0.717, 1.165) is 17.0 Å². The SMILES string of the molecule is Cc1ccc(S(=O)(=O)NNc2nc(C)cc(C)n2)cc1. The standard InChI is InChI=1S/C13H16N4O2S/c1-9-4-6-12(7-5-9)20(18,19)17-16-13-14-10(2)8-11(3)15-13/h4-8,17H,1-3H3,(H,14,15,16). The van der Waals surface area contributed by atoms with Crippen molar-refractivity contribution in [2.75, 3.05) is 5.43 Å². The molecule has 1 aromatic heterocycles. The Morgan fingerprint density at radius 2 is 1.50 bits per heavy atom. The second-order valence-electron chi connectivity index (χ2n) is 4.52. The molecule has 2 aromatic rings. The van der Waals surface area contributed by atoms with Crippen molar-refractivity contribution in [3.8, 4) is 0 Å². The Balaban J connectivity index is 2.15. The lowest BCUT2D eigenvalue weighted by Crippen LogP contribution is -2.30. The third-order valence-corrected chi connectivity index (χ3v) is 3.87. The third-order valence-electron chi connectivity index (χ3n) is 2.61. The molecule has 0 fully saturated rings. The maximum atomic E-state index is 12.1. The zero-order valence-electron chi connectivity index (χ0n) is 11.5. The molecular weight excluding hydrogens is 276 g/mol. The molecule has 0 aliphatic rings. The largest absolute Gasteiger partial charge is 0.276 e. The van der Waals surface area contributed by atoms with Crippen LogP contribution in [0.5, 0.6) is 0 Å². The topological polar surface area (TPSA) is 84.0 Å². The predicted octanol–water partition coefficient (Wildman–Crippen LogP) is 1.71. The summed E-state index contributed by atoms with van der Waals surface area (Å²) in [7, 11) is -3.64. The first kappa shape index (κ1) is 14.4. The van der Waals surface area contributed by atoms with Crippen molar-refractivity contribution in [2.24, 2.45) is 0 Å². The van der Waals surface area contributed by atoms with Gasteiger partial charge in [-0.25, -0.2) is 18.4 Å². The molecule has 0 unspecified atom stereocenters. The third kappa shape index (κ3) is 3.52. The molecule has 6 nitrogen and oxygen atoms in total. The molecule has 1 heterocycles. The minimum Gasteiger partial charge on any atom is -0.276 e. The van der Waals surface area contributed by atoms with Crippen LogP contribution in [0, 0.1) is 20.8 Å². The van der Waals surface area contributed by atoms with E-state index < -0.39 is 10.0 Å². The second-order valence-corrected chi connectivity index (χ2v) is 6.20. The maximum absolute atomic E-state index is 12.1. The van der Waals surface area contributed by atoms with Crippen LogP contribution in [0.4, 0.5) is 5.95 Å². The zero-order chi connectivity index (χ0) is 14.8. The molecule has 2 N–H and O–H groups in total. The highest BCUT2D eigenvalue weighted by Crippen LogP contribution is 2.10. The van der Waals surface area contributed by atoms with Gasteiger partial charge in [0.2, 0.25) is 5.95 Å². The van der Waals surface area contributed by atoms with Crippen LogP contribution in [0.2, 0.25) is 0 Å². The van der Waals surface area contributed by atoms with Crippen molar-refractivity contribution >= 4 is 16.0 Å². The molecule has 0 atom stereocenters. The number of hydrogen-bond donors (Lipinski definition) is 2. The monoisotopic (exact) mass is 292 g/mol. The van der Waals surface area contributed by atoms with E-state index in [1.165, 1.54) is 0 Å². The number of rotatable bonds is 4. The van der Waals surface area contributed by atoms with Gasteiger partial charge in [0.1, 0.15) is 0 Å². The Kier molecular flexibility index (Phi) is 4.01. The Bertz CT molecular complexity index is 691. The number of nitrogens with zero attached hydrogens (tertiary/aromatic N) is 2. The summed E-state index contributed by atoms with van der Waals surface area (Å²) >= 11 is 0. The molecule has 106 valence electrons. The highest BCUT2D eigenvalue weighted by atomic mass is 32.2. The quantitative estimate of drug-likeness (QED) is 0.838. The van der Waals surface area contributed by atoms with Crippen LogP contribution >= 0.6 is 0 Å². The fraction of sp³-hybridized carbons (Fsp3) is 0.231. The van der Waals surface area contributed by atoms with E-state index in [-0.39, 0.29) is 10.8 Å². The summed E-state index contributed by atoms with van der Waals surface area (Å²) in [6.45, 7) is 5.52. The average Bonchev–Trinajstić information content (AvgIpc) is 2.36. The first-order valence-electron chi connectivity index (χ1n) is 6.03. The van der Waals surface area contributed by atoms with Crippen molar-refractivity contribution in [3.63, 3.8) is 0 Å². The first-order chi connectivity index (χ1) is 9.37. The number of aromatic nitrogens is 2. The number of aryl methyl sites for hydroxylation is 3. The highest BCUT2D eigenvalue weighted by Gasteiger charge is 2.13. The summed E-state index contributed by atoms with van der Waals surface area (Å²) in [5, 5.41) is 0. The number of hydrogen-bond acceptors (Lipinski definition) is 5. The van der Waals surface area contributed by atoms with Crippen molar-refractivity contribution < 1.29 is 8.42 Å². The van der Waals surface area contributed by atoms with Gasteiger partial charge in [0.05, 0.1) is 4.90 Å². The van der Waals surface area contributed by atoms with Crippen LogP contribution in [0.3, 0.4) is 0 Å². The van der Waals surface area contributed by atoms with Crippen molar-refractivity contribution in [3.05, 3.63) is 47.3 Å². The molecule has 7 heteroatoms. The number of sulfonamides is 1. The van der Waals surface area contributed by atoms with Crippen LogP contribution in [-0.2, 0) is 10.0 Å². The number of benzene rings is 1. The Labute approximate surface area is 118 Å². The van der Waals surface area contributed by atoms with Crippen LogP contribution in [0.15, 0.2) is 35.2 Å². The highest BCUT2D eigenvalue weighted by molar-refractivity contribution is 7.89. The fourth-order valence-corrected chi connectivity index (χ4v) is 2.51. The summed E-state index contributed by atoms with van der Waals surface area (Å²) in [6, 6.07) is 8.37. The van der Waals surface area contributed by atoms with Crippen molar-refractivity contribution in [2.45, 2.75) is 25.7 Å². The van der Waals surface area contributed by atoms with Gasteiger partial charge in [-0.15, -0.1) is 4.83 Å². The van der Waals surface area contributed by atoms with Crippen LogP contribution in [0.1, 0.15) is 17.0 Å².